The summed E-state index contributed by atoms with van der Waals surface area (Å²) in [5.41, 5.74) is -2.30. The van der Waals surface area contributed by atoms with Crippen molar-refractivity contribution < 1.29 is 33.6 Å². The van der Waals surface area contributed by atoms with Crippen molar-refractivity contribution in [1.29, 1.82) is 0 Å². The van der Waals surface area contributed by atoms with Crippen LogP contribution in [0.4, 0.5) is 0 Å². The number of carbonyl (C=O) groups is 2. The van der Waals surface area contributed by atoms with Crippen LogP contribution in [0.1, 0.15) is 87.5 Å². The predicted molar refractivity (Wildman–Crippen MR) is 176 cm³/mol. The molecule has 0 unspecified atom stereocenters. The van der Waals surface area contributed by atoms with E-state index in [2.05, 4.69) is 37.6 Å². The minimum Gasteiger partial charge on any atom is -0.463 e. The monoisotopic (exact) mass is 639 g/mol. The number of aliphatic hydroxyl groups excluding tert-OH is 1. The predicted octanol–water partition coefficient (Wildman–Crippen LogP) is 3.83. The van der Waals surface area contributed by atoms with Gasteiger partial charge in [0.05, 0.1) is 17.8 Å². The van der Waals surface area contributed by atoms with E-state index in [4.69, 9.17) is 18.9 Å². The fraction of sp³-hybridized carbons (Fsp3) is 0.943. The molecule has 0 aromatic rings. The van der Waals surface area contributed by atoms with Gasteiger partial charge in [0.15, 0.2) is 12.1 Å². The molecule has 0 aromatic heterocycles. The zero-order valence-electron chi connectivity index (χ0n) is 30.4. The van der Waals surface area contributed by atoms with Gasteiger partial charge in [-0.1, -0.05) is 13.8 Å². The van der Waals surface area contributed by atoms with Crippen LogP contribution in [0, 0.1) is 23.2 Å². The molecular weight excluding hydrogens is 574 g/mol. The Labute approximate surface area is 273 Å². The maximum atomic E-state index is 14.2. The maximum absolute atomic E-state index is 14.2. The zero-order chi connectivity index (χ0) is 33.9. The molecule has 1 N–H and O–H groups in total. The molecule has 262 valence electrons. The average Bonchev–Trinajstić information content (AvgIpc) is 2.97. The Bertz CT molecular complexity index is 969. The third kappa shape index (κ3) is 9.27. The Morgan fingerprint density at radius 2 is 1.71 bits per heavy atom. The van der Waals surface area contributed by atoms with Crippen LogP contribution in [0.15, 0.2) is 0 Å². The minimum absolute atomic E-state index is 0.0483. The molecule has 9 atom stereocenters. The molecule has 10 nitrogen and oxygen atoms in total. The number of piperidine rings is 1. The van der Waals surface area contributed by atoms with E-state index >= 15 is 0 Å². The van der Waals surface area contributed by atoms with Crippen molar-refractivity contribution in [3.05, 3.63) is 0 Å². The van der Waals surface area contributed by atoms with Crippen molar-refractivity contribution in [2.75, 3.05) is 54.5 Å². The molecule has 3 saturated heterocycles. The summed E-state index contributed by atoms with van der Waals surface area (Å²) in [6.45, 7) is 18.9. The number of carbonyl (C=O) groups excluding carboxylic acids is 2. The smallest absolute Gasteiger partial charge is 0.319 e. The summed E-state index contributed by atoms with van der Waals surface area (Å²) in [6, 6.07) is 0.436. The molecule has 0 radical (unpaired) electrons. The van der Waals surface area contributed by atoms with Gasteiger partial charge in [0.2, 0.25) is 0 Å². The number of esters is 1. The number of likely N-dealkylation sites (N-methyl/N-ethyl adjacent to an activating group) is 2. The topological polar surface area (TPSA) is 101 Å². The first kappa shape index (κ1) is 38.3. The number of ketones is 1. The number of hydrogen-bond donors (Lipinski definition) is 1. The molecule has 0 aliphatic carbocycles. The second-order valence-corrected chi connectivity index (χ2v) is 15.7. The number of methoxy groups -OCH3 is 1. The van der Waals surface area contributed by atoms with E-state index in [1.807, 2.05) is 32.8 Å². The van der Waals surface area contributed by atoms with E-state index < -0.39 is 41.4 Å². The van der Waals surface area contributed by atoms with E-state index in [-0.39, 0.29) is 36.5 Å². The maximum Gasteiger partial charge on any atom is 0.319 e. The fourth-order valence-corrected chi connectivity index (χ4v) is 7.93. The summed E-state index contributed by atoms with van der Waals surface area (Å²) in [5.74, 6) is -0.803. The largest absolute Gasteiger partial charge is 0.463 e. The number of Topliss-reactive ketones (excluding diaryl/α,β-unsaturated/α-hetero) is 1. The third-order valence-electron chi connectivity index (χ3n) is 11.0. The molecule has 0 saturated carbocycles. The van der Waals surface area contributed by atoms with Crippen LogP contribution in [-0.4, -0.2) is 134 Å². The van der Waals surface area contributed by atoms with Gasteiger partial charge in [0, 0.05) is 37.7 Å². The van der Waals surface area contributed by atoms with Crippen molar-refractivity contribution in [3.8, 4) is 0 Å². The molecule has 3 aliphatic heterocycles. The molecule has 3 heterocycles. The average molecular weight is 640 g/mol. The standard InChI is InChI=1S/C35H65N3O7/c1-22(2)38-15-13-26(14-16-38)18-27-21-43-33(41)34(6,7)30(40)25(5)31(35(8,42-12)19-23(3)20-37(27)11)45-32-29(39)28(36(9)10)17-24(4)44-32/h22-29,31-32,39H,13-21H2,1-12H3/t23-,24-,25+,27-,28+,29-,31-,32+,35-/m1/s1. The molecule has 45 heavy (non-hydrogen) atoms. The van der Waals surface area contributed by atoms with Crippen LogP contribution in [0.3, 0.4) is 0 Å². The van der Waals surface area contributed by atoms with Gasteiger partial charge < -0.3 is 33.9 Å². The van der Waals surface area contributed by atoms with E-state index in [9.17, 15) is 14.7 Å². The summed E-state index contributed by atoms with van der Waals surface area (Å²) < 4.78 is 25.0. The molecule has 0 bridgehead atoms. The first-order valence-electron chi connectivity index (χ1n) is 17.3. The minimum atomic E-state index is -1.40. The lowest BCUT2D eigenvalue weighted by Crippen LogP contribution is -2.59. The van der Waals surface area contributed by atoms with Crippen molar-refractivity contribution in [1.82, 2.24) is 14.7 Å². The number of ether oxygens (including phenoxy) is 4. The van der Waals surface area contributed by atoms with Crippen molar-refractivity contribution in [2.45, 2.75) is 136 Å². The number of likely N-dealkylation sites (tertiary alicyclic amines) is 1. The summed E-state index contributed by atoms with van der Waals surface area (Å²) in [7, 11) is 7.63. The van der Waals surface area contributed by atoms with Crippen LogP contribution in [-0.2, 0) is 28.5 Å². The Hall–Kier alpha value is -1.14. The van der Waals surface area contributed by atoms with Crippen LogP contribution < -0.4 is 0 Å². The normalized spacial score (nSPS) is 38.9. The molecule has 0 spiro atoms. The number of aliphatic hydroxyl groups is 1. The summed E-state index contributed by atoms with van der Waals surface area (Å²) >= 11 is 0. The molecule has 0 amide bonds. The Morgan fingerprint density at radius 3 is 2.27 bits per heavy atom. The number of nitrogens with zero attached hydrogens (tertiary/aromatic N) is 3. The van der Waals surface area contributed by atoms with Crippen molar-refractivity contribution in [2.24, 2.45) is 23.2 Å². The van der Waals surface area contributed by atoms with Gasteiger partial charge in [-0.3, -0.25) is 14.5 Å². The van der Waals surface area contributed by atoms with Gasteiger partial charge >= 0.3 is 5.97 Å². The van der Waals surface area contributed by atoms with Gasteiger partial charge in [-0.15, -0.1) is 0 Å². The first-order chi connectivity index (χ1) is 20.9. The van der Waals surface area contributed by atoms with Gasteiger partial charge in [-0.2, -0.15) is 0 Å². The number of rotatable bonds is 7. The van der Waals surface area contributed by atoms with Crippen LogP contribution in [0.2, 0.25) is 0 Å². The number of hydrogen-bond acceptors (Lipinski definition) is 10. The quantitative estimate of drug-likeness (QED) is 0.327. The van der Waals surface area contributed by atoms with Crippen molar-refractivity contribution in [3.63, 3.8) is 0 Å². The Morgan fingerprint density at radius 1 is 1.09 bits per heavy atom. The Balaban J connectivity index is 1.91. The zero-order valence-corrected chi connectivity index (χ0v) is 30.4. The van der Waals surface area contributed by atoms with Gasteiger partial charge in [0.1, 0.15) is 18.1 Å². The molecule has 3 rings (SSSR count). The lowest BCUT2D eigenvalue weighted by atomic mass is 9.74. The summed E-state index contributed by atoms with van der Waals surface area (Å²) in [5, 5.41) is 11.3. The molecule has 3 aliphatic rings. The Kier molecular flexibility index (Phi) is 13.5. The highest BCUT2D eigenvalue weighted by molar-refractivity contribution is 6.04. The summed E-state index contributed by atoms with van der Waals surface area (Å²) in [4.78, 5) is 34.7. The number of cyclic esters (lactones) is 1. The van der Waals surface area contributed by atoms with Gasteiger partial charge in [-0.25, -0.2) is 0 Å². The van der Waals surface area contributed by atoms with Gasteiger partial charge in [0.25, 0.3) is 0 Å². The second-order valence-electron chi connectivity index (χ2n) is 15.7. The highest BCUT2D eigenvalue weighted by Gasteiger charge is 2.51. The second kappa shape index (κ2) is 15.8. The lowest BCUT2D eigenvalue weighted by Gasteiger charge is -2.47. The summed E-state index contributed by atoms with van der Waals surface area (Å²) in [6.07, 6.45) is 1.69. The van der Waals surface area contributed by atoms with Crippen LogP contribution in [0.25, 0.3) is 0 Å². The molecular formula is C35H65N3O7. The SMILES string of the molecule is CO[C@]1(C)C[C@@H](C)CN(C)[C@H](CC2CCN(C(C)C)CC2)COC(=O)C(C)(C)C(=O)[C@H](C)[C@H]1O[C@@H]1O[C@H](C)C[C@H](N(C)C)[C@H]1O. The van der Waals surface area contributed by atoms with E-state index in [0.717, 1.165) is 38.9 Å². The first-order valence-corrected chi connectivity index (χ1v) is 17.3. The van der Waals surface area contributed by atoms with Crippen molar-refractivity contribution >= 4 is 11.8 Å². The lowest BCUT2D eigenvalue weighted by molar-refractivity contribution is -0.295. The fourth-order valence-electron chi connectivity index (χ4n) is 7.93. The molecule has 10 heteroatoms. The van der Waals surface area contributed by atoms with E-state index in [1.165, 1.54) is 0 Å². The molecule has 3 fully saturated rings. The van der Waals surface area contributed by atoms with Crippen LogP contribution >= 0.6 is 0 Å². The molecule has 0 aromatic carbocycles. The third-order valence-corrected chi connectivity index (χ3v) is 11.0. The highest BCUT2D eigenvalue weighted by atomic mass is 16.7. The highest BCUT2D eigenvalue weighted by Crippen LogP contribution is 2.38. The van der Waals surface area contributed by atoms with E-state index in [0.29, 0.717) is 24.8 Å². The van der Waals surface area contributed by atoms with E-state index in [1.54, 1.807) is 27.9 Å². The van der Waals surface area contributed by atoms with Crippen LogP contribution in [0.5, 0.6) is 0 Å². The van der Waals surface area contributed by atoms with Gasteiger partial charge in [-0.05, 0) is 120 Å².